The number of amides is 1. The summed E-state index contributed by atoms with van der Waals surface area (Å²) in [5, 5.41) is 11.1. The van der Waals surface area contributed by atoms with Crippen molar-refractivity contribution in [2.24, 2.45) is 5.92 Å². The highest BCUT2D eigenvalue weighted by atomic mass is 19.3. The Labute approximate surface area is 153 Å². The van der Waals surface area contributed by atoms with Crippen molar-refractivity contribution in [1.82, 2.24) is 24.7 Å². The molecule has 3 aromatic heterocycles. The fourth-order valence-corrected chi connectivity index (χ4v) is 3.26. The summed E-state index contributed by atoms with van der Waals surface area (Å²) in [5.41, 5.74) is 2.25. The number of halogens is 2. The number of fused-ring (bicyclic) bond motifs is 1. The lowest BCUT2D eigenvalue weighted by Crippen LogP contribution is -2.25. The van der Waals surface area contributed by atoms with Crippen molar-refractivity contribution >= 4 is 11.4 Å². The number of nitrogens with one attached hydrogen (secondary N) is 1. The quantitative estimate of drug-likeness (QED) is 0.718. The first-order valence-electron chi connectivity index (χ1n) is 8.71. The van der Waals surface area contributed by atoms with Crippen molar-refractivity contribution < 1.29 is 18.3 Å². The molecular weight excluding hydrogens is 356 g/mol. The Balaban J connectivity index is 1.63. The molecule has 1 amide bonds. The van der Waals surface area contributed by atoms with E-state index in [0.717, 1.165) is 11.1 Å². The molecule has 142 valence electrons. The molecule has 0 radical (unpaired) electrons. The molecule has 0 spiro atoms. The van der Waals surface area contributed by atoms with Crippen LogP contribution >= 0.6 is 0 Å². The van der Waals surface area contributed by atoms with E-state index in [4.69, 9.17) is 4.74 Å². The molecule has 0 aliphatic carbocycles. The Hall–Kier alpha value is -2.97. The molecule has 27 heavy (non-hydrogen) atoms. The highest BCUT2D eigenvalue weighted by Crippen LogP contribution is 2.30. The molecule has 1 aliphatic heterocycles. The van der Waals surface area contributed by atoms with Crippen LogP contribution in [-0.4, -0.2) is 44.4 Å². The highest BCUT2D eigenvalue weighted by Gasteiger charge is 2.28. The monoisotopic (exact) mass is 375 g/mol. The topological polar surface area (TPSA) is 73.5 Å². The second-order valence-electron chi connectivity index (χ2n) is 6.69. The van der Waals surface area contributed by atoms with Gasteiger partial charge >= 0.3 is 0 Å². The van der Waals surface area contributed by atoms with Crippen LogP contribution in [0, 0.1) is 5.92 Å². The standard InChI is InChI=1S/C18H19F2N5O2/c1-11(12-5-18(26)21-6-12)27-16-4-13(9-25-15(16)2-3-22-25)14-7-23-24(8-14)10-17(19)20/h2-4,7-9,11-12,17H,5-6,10H2,1H3,(H,21,26)/t11-,12-/m1/s1. The van der Waals surface area contributed by atoms with E-state index in [9.17, 15) is 13.6 Å². The van der Waals surface area contributed by atoms with Crippen LogP contribution in [0.3, 0.4) is 0 Å². The number of nitrogens with zero attached hydrogens (tertiary/aromatic N) is 4. The summed E-state index contributed by atoms with van der Waals surface area (Å²) in [4.78, 5) is 11.5. The summed E-state index contributed by atoms with van der Waals surface area (Å²) in [6.45, 7) is 2.08. The fourth-order valence-electron chi connectivity index (χ4n) is 3.26. The van der Waals surface area contributed by atoms with Gasteiger partial charge in [0.1, 0.15) is 23.9 Å². The number of hydrogen-bond acceptors (Lipinski definition) is 4. The molecule has 2 atom stereocenters. The number of ether oxygens (including phenoxy) is 1. The molecule has 7 nitrogen and oxygen atoms in total. The van der Waals surface area contributed by atoms with Crippen LogP contribution in [-0.2, 0) is 11.3 Å². The van der Waals surface area contributed by atoms with Gasteiger partial charge in [-0.05, 0) is 19.1 Å². The first-order valence-corrected chi connectivity index (χ1v) is 8.71. The first-order chi connectivity index (χ1) is 13.0. The normalized spacial score (nSPS) is 18.2. The fraction of sp³-hybridized carbons (Fsp3) is 0.389. The molecule has 4 rings (SSSR count). The minimum absolute atomic E-state index is 0.0325. The molecule has 0 aromatic carbocycles. The summed E-state index contributed by atoms with van der Waals surface area (Å²) < 4.78 is 34.2. The average molecular weight is 375 g/mol. The van der Waals surface area contributed by atoms with Crippen molar-refractivity contribution in [2.75, 3.05) is 6.54 Å². The van der Waals surface area contributed by atoms with E-state index in [-0.39, 0.29) is 17.9 Å². The van der Waals surface area contributed by atoms with E-state index in [2.05, 4.69) is 15.5 Å². The number of rotatable bonds is 6. The minimum Gasteiger partial charge on any atom is -0.488 e. The predicted octanol–water partition coefficient (Wildman–Crippen LogP) is 2.37. The number of carbonyl (C=O) groups excluding carboxylic acids is 1. The second-order valence-corrected chi connectivity index (χ2v) is 6.69. The van der Waals surface area contributed by atoms with Crippen LogP contribution in [0.2, 0.25) is 0 Å². The Kier molecular flexibility index (Phi) is 4.51. The van der Waals surface area contributed by atoms with Crippen LogP contribution in [0.15, 0.2) is 36.9 Å². The Morgan fingerprint density at radius 3 is 2.93 bits per heavy atom. The highest BCUT2D eigenvalue weighted by molar-refractivity contribution is 5.78. The smallest absolute Gasteiger partial charge is 0.257 e. The summed E-state index contributed by atoms with van der Waals surface area (Å²) in [6, 6.07) is 3.69. The third kappa shape index (κ3) is 3.62. The SMILES string of the molecule is C[C@@H](Oc1cc(-c2cnn(CC(F)F)c2)cn2nccc12)[C@H]1CNC(=O)C1. The lowest BCUT2D eigenvalue weighted by molar-refractivity contribution is -0.119. The molecular formula is C18H19F2N5O2. The summed E-state index contributed by atoms with van der Waals surface area (Å²) >= 11 is 0. The van der Waals surface area contributed by atoms with Gasteiger partial charge in [-0.2, -0.15) is 10.2 Å². The van der Waals surface area contributed by atoms with Gasteiger partial charge in [-0.3, -0.25) is 9.48 Å². The van der Waals surface area contributed by atoms with E-state index in [1.54, 1.807) is 29.3 Å². The van der Waals surface area contributed by atoms with Gasteiger partial charge in [-0.15, -0.1) is 0 Å². The molecule has 9 heteroatoms. The van der Waals surface area contributed by atoms with Crippen LogP contribution in [0.5, 0.6) is 5.75 Å². The predicted molar refractivity (Wildman–Crippen MR) is 93.6 cm³/mol. The van der Waals surface area contributed by atoms with E-state index < -0.39 is 13.0 Å². The van der Waals surface area contributed by atoms with E-state index in [1.165, 1.54) is 4.68 Å². The van der Waals surface area contributed by atoms with Gasteiger partial charge in [0.2, 0.25) is 5.91 Å². The average Bonchev–Trinajstić information content (AvgIpc) is 3.34. The molecule has 1 N–H and O–H groups in total. The van der Waals surface area contributed by atoms with Crippen molar-refractivity contribution in [3.63, 3.8) is 0 Å². The van der Waals surface area contributed by atoms with Gasteiger partial charge in [-0.1, -0.05) is 0 Å². The van der Waals surface area contributed by atoms with E-state index in [0.29, 0.717) is 24.3 Å². The van der Waals surface area contributed by atoms with Crippen molar-refractivity contribution in [3.8, 4) is 16.9 Å². The zero-order valence-corrected chi connectivity index (χ0v) is 14.7. The number of pyridine rings is 1. The molecule has 1 saturated heterocycles. The summed E-state index contributed by atoms with van der Waals surface area (Å²) in [6.07, 6.45) is 4.39. The number of hydrogen-bond donors (Lipinski definition) is 1. The van der Waals surface area contributed by atoms with Gasteiger partial charge in [0.25, 0.3) is 6.43 Å². The van der Waals surface area contributed by atoms with Crippen LogP contribution in [0.4, 0.5) is 8.78 Å². The van der Waals surface area contributed by atoms with Crippen molar-refractivity contribution in [2.45, 2.75) is 32.4 Å². The molecule has 0 saturated carbocycles. The van der Waals surface area contributed by atoms with E-state index >= 15 is 0 Å². The van der Waals surface area contributed by atoms with Crippen LogP contribution in [0.25, 0.3) is 16.6 Å². The molecule has 3 aromatic rings. The minimum atomic E-state index is -2.46. The lowest BCUT2D eigenvalue weighted by Gasteiger charge is -2.20. The van der Waals surface area contributed by atoms with Crippen LogP contribution in [0.1, 0.15) is 13.3 Å². The summed E-state index contributed by atoms with van der Waals surface area (Å²) in [7, 11) is 0. The number of aromatic nitrogens is 4. The summed E-state index contributed by atoms with van der Waals surface area (Å²) in [5.74, 6) is 0.751. The van der Waals surface area contributed by atoms with Gasteiger partial charge < -0.3 is 10.1 Å². The molecule has 0 bridgehead atoms. The largest absolute Gasteiger partial charge is 0.488 e. The van der Waals surface area contributed by atoms with Gasteiger partial charge in [0.15, 0.2) is 0 Å². The van der Waals surface area contributed by atoms with Crippen molar-refractivity contribution in [3.05, 3.63) is 36.9 Å². The van der Waals surface area contributed by atoms with Gasteiger partial charge in [-0.25, -0.2) is 13.3 Å². The molecule has 1 fully saturated rings. The Morgan fingerprint density at radius 1 is 1.33 bits per heavy atom. The van der Waals surface area contributed by atoms with Gasteiger partial charge in [0, 0.05) is 42.4 Å². The second kappa shape index (κ2) is 6.98. The molecule has 0 unspecified atom stereocenters. The third-order valence-electron chi connectivity index (χ3n) is 4.75. The van der Waals surface area contributed by atoms with Crippen LogP contribution < -0.4 is 10.1 Å². The molecule has 1 aliphatic rings. The van der Waals surface area contributed by atoms with E-state index in [1.807, 2.05) is 19.1 Å². The lowest BCUT2D eigenvalue weighted by atomic mass is 10.0. The van der Waals surface area contributed by atoms with Crippen molar-refractivity contribution in [1.29, 1.82) is 0 Å². The molecule has 4 heterocycles. The number of alkyl halides is 2. The Bertz CT molecular complexity index is 968. The number of carbonyl (C=O) groups is 1. The zero-order valence-electron chi connectivity index (χ0n) is 14.7. The maximum absolute atomic E-state index is 12.6. The third-order valence-corrected chi connectivity index (χ3v) is 4.75. The maximum Gasteiger partial charge on any atom is 0.257 e. The zero-order chi connectivity index (χ0) is 19.0. The Morgan fingerprint density at radius 2 is 2.19 bits per heavy atom. The maximum atomic E-state index is 12.6. The first kappa shape index (κ1) is 17.4. The van der Waals surface area contributed by atoms with Gasteiger partial charge in [0.05, 0.1) is 12.4 Å².